The summed E-state index contributed by atoms with van der Waals surface area (Å²) in [7, 11) is 0. The Morgan fingerprint density at radius 3 is 2.36 bits per heavy atom. The predicted octanol–water partition coefficient (Wildman–Crippen LogP) is 3.42. The number of rotatable bonds is 0. The van der Waals surface area contributed by atoms with Gasteiger partial charge in [0.15, 0.2) is 11.5 Å². The van der Waals surface area contributed by atoms with Gasteiger partial charge in [0.1, 0.15) is 0 Å². The minimum atomic E-state index is -0.733. The minimum Gasteiger partial charge on any atom is -0.503 e. The van der Waals surface area contributed by atoms with Crippen LogP contribution in [0.25, 0.3) is 0 Å². The van der Waals surface area contributed by atoms with Crippen LogP contribution in [0.4, 0.5) is 0 Å². The minimum absolute atomic E-state index is 0.0637. The molecule has 3 nitrogen and oxygen atoms in total. The van der Waals surface area contributed by atoms with Crippen LogP contribution >= 0.6 is 31.9 Å². The summed E-state index contributed by atoms with van der Waals surface area (Å²) in [6.45, 7) is 3.57. The van der Waals surface area contributed by atoms with E-state index in [1.54, 1.807) is 19.9 Å². The molecule has 14 heavy (non-hydrogen) atoms. The smallest absolute Gasteiger partial charge is 0.246 e. The van der Waals surface area contributed by atoms with E-state index >= 15 is 0 Å². The fraction of sp³-hybridized carbons (Fsp3) is 0.333. The molecule has 1 heterocycles. The molecular weight excluding hydrogens is 316 g/mol. The molecule has 0 aromatic heterocycles. The van der Waals surface area contributed by atoms with Crippen LogP contribution < -0.4 is 9.47 Å². The molecule has 1 aromatic rings. The van der Waals surface area contributed by atoms with E-state index in [4.69, 9.17) is 9.47 Å². The molecule has 0 bridgehead atoms. The third-order valence-electron chi connectivity index (χ3n) is 1.81. The van der Waals surface area contributed by atoms with E-state index in [1.807, 2.05) is 0 Å². The Labute approximate surface area is 98.3 Å². The van der Waals surface area contributed by atoms with Crippen LogP contribution in [0.15, 0.2) is 15.0 Å². The van der Waals surface area contributed by atoms with Crippen molar-refractivity contribution in [2.24, 2.45) is 0 Å². The van der Waals surface area contributed by atoms with E-state index < -0.39 is 5.79 Å². The molecule has 0 amide bonds. The zero-order chi connectivity index (χ0) is 10.5. The van der Waals surface area contributed by atoms with Crippen LogP contribution in [0, 0.1) is 0 Å². The van der Waals surface area contributed by atoms with Crippen molar-refractivity contribution in [2.75, 3.05) is 0 Å². The summed E-state index contributed by atoms with van der Waals surface area (Å²) in [6.07, 6.45) is 0. The van der Waals surface area contributed by atoms with Gasteiger partial charge in [-0.3, -0.25) is 0 Å². The van der Waals surface area contributed by atoms with Gasteiger partial charge in [-0.05, 0) is 37.9 Å². The summed E-state index contributed by atoms with van der Waals surface area (Å²) in [6, 6.07) is 1.72. The molecule has 0 saturated heterocycles. The van der Waals surface area contributed by atoms with Crippen molar-refractivity contribution < 1.29 is 14.6 Å². The Morgan fingerprint density at radius 1 is 1.14 bits per heavy atom. The first kappa shape index (κ1) is 10.1. The third-order valence-corrected chi connectivity index (χ3v) is 3.01. The molecule has 0 radical (unpaired) electrons. The monoisotopic (exact) mass is 322 g/mol. The van der Waals surface area contributed by atoms with E-state index in [9.17, 15) is 5.11 Å². The van der Waals surface area contributed by atoms with Crippen molar-refractivity contribution in [3.8, 4) is 17.2 Å². The van der Waals surface area contributed by atoms with Crippen LogP contribution in [-0.2, 0) is 0 Å². The van der Waals surface area contributed by atoms with Crippen molar-refractivity contribution in [3.63, 3.8) is 0 Å². The standard InChI is InChI=1S/C9H8Br2O3/c1-9(2)13-7-5(11)3-4(10)6(12)8(7)14-9/h3,12H,1-2H3. The normalized spacial score (nSPS) is 17.1. The Balaban J connectivity index is 2.61. The van der Waals surface area contributed by atoms with Crippen molar-refractivity contribution in [3.05, 3.63) is 15.0 Å². The summed E-state index contributed by atoms with van der Waals surface area (Å²) in [5.74, 6) is 0.240. The van der Waals surface area contributed by atoms with E-state index in [-0.39, 0.29) is 5.75 Å². The maximum atomic E-state index is 9.70. The lowest BCUT2D eigenvalue weighted by molar-refractivity contribution is -0.0442. The first-order valence-electron chi connectivity index (χ1n) is 4.00. The van der Waals surface area contributed by atoms with E-state index in [2.05, 4.69) is 31.9 Å². The second-order valence-corrected chi connectivity index (χ2v) is 5.16. The van der Waals surface area contributed by atoms with Gasteiger partial charge in [-0.2, -0.15) is 0 Å². The SMILES string of the molecule is CC1(C)Oc2c(Br)cc(Br)c(O)c2O1. The predicted molar refractivity (Wildman–Crippen MR) is 58.8 cm³/mol. The molecule has 0 atom stereocenters. The second-order valence-electron chi connectivity index (χ2n) is 3.45. The number of hydrogen-bond donors (Lipinski definition) is 1. The maximum absolute atomic E-state index is 9.70. The van der Waals surface area contributed by atoms with E-state index in [0.29, 0.717) is 16.0 Å². The fourth-order valence-corrected chi connectivity index (χ4v) is 2.48. The van der Waals surface area contributed by atoms with Gasteiger partial charge in [0.05, 0.1) is 8.95 Å². The molecule has 0 aliphatic carbocycles. The molecule has 0 fully saturated rings. The largest absolute Gasteiger partial charge is 0.503 e. The number of aromatic hydroxyl groups is 1. The lowest BCUT2D eigenvalue weighted by Crippen LogP contribution is -2.29. The topological polar surface area (TPSA) is 38.7 Å². The average Bonchev–Trinajstić information content (AvgIpc) is 2.38. The quantitative estimate of drug-likeness (QED) is 0.795. The third kappa shape index (κ3) is 1.48. The summed E-state index contributed by atoms with van der Waals surface area (Å²) in [5, 5.41) is 9.70. The molecule has 1 aromatic carbocycles. The van der Waals surface area contributed by atoms with Crippen molar-refractivity contribution in [2.45, 2.75) is 19.6 Å². The zero-order valence-electron chi connectivity index (χ0n) is 7.60. The lowest BCUT2D eigenvalue weighted by Gasteiger charge is -2.16. The number of ether oxygens (including phenoxy) is 2. The molecule has 1 aliphatic heterocycles. The highest BCUT2D eigenvalue weighted by Gasteiger charge is 2.36. The van der Waals surface area contributed by atoms with Gasteiger partial charge < -0.3 is 14.6 Å². The van der Waals surface area contributed by atoms with Gasteiger partial charge in [0, 0.05) is 13.8 Å². The first-order chi connectivity index (χ1) is 6.41. The molecule has 0 spiro atoms. The van der Waals surface area contributed by atoms with Crippen LogP contribution in [0.2, 0.25) is 0 Å². The number of halogens is 2. The highest BCUT2D eigenvalue weighted by Crippen LogP contribution is 2.52. The molecule has 0 unspecified atom stereocenters. The summed E-state index contributed by atoms with van der Waals surface area (Å²) in [4.78, 5) is 0. The molecule has 1 N–H and O–H groups in total. The highest BCUT2D eigenvalue weighted by atomic mass is 79.9. The Hall–Kier alpha value is -0.420. The zero-order valence-corrected chi connectivity index (χ0v) is 10.8. The van der Waals surface area contributed by atoms with Crippen LogP contribution in [0.3, 0.4) is 0 Å². The number of fused-ring (bicyclic) bond motifs is 1. The number of phenols is 1. The lowest BCUT2D eigenvalue weighted by atomic mass is 10.3. The maximum Gasteiger partial charge on any atom is 0.246 e. The molecule has 1 aliphatic rings. The van der Waals surface area contributed by atoms with Gasteiger partial charge in [0.25, 0.3) is 0 Å². The second kappa shape index (κ2) is 3.03. The summed E-state index contributed by atoms with van der Waals surface area (Å²) in [5.41, 5.74) is 0. The Bertz CT molecular complexity index is 402. The van der Waals surface area contributed by atoms with Gasteiger partial charge in [-0.1, -0.05) is 0 Å². The van der Waals surface area contributed by atoms with Crippen LogP contribution in [0.5, 0.6) is 17.2 Å². The Morgan fingerprint density at radius 2 is 1.71 bits per heavy atom. The van der Waals surface area contributed by atoms with E-state index in [1.165, 1.54) is 0 Å². The summed E-state index contributed by atoms with van der Waals surface area (Å²) >= 11 is 6.56. The fourth-order valence-electron chi connectivity index (χ4n) is 1.27. The number of phenolic OH excluding ortho intramolecular Hbond substituents is 1. The number of hydrogen-bond acceptors (Lipinski definition) is 3. The van der Waals surface area contributed by atoms with Gasteiger partial charge in [-0.15, -0.1) is 0 Å². The molecule has 2 rings (SSSR count). The van der Waals surface area contributed by atoms with Gasteiger partial charge in [-0.25, -0.2) is 0 Å². The molecule has 0 saturated carbocycles. The van der Waals surface area contributed by atoms with Crippen LogP contribution in [0.1, 0.15) is 13.8 Å². The van der Waals surface area contributed by atoms with Crippen molar-refractivity contribution >= 4 is 31.9 Å². The van der Waals surface area contributed by atoms with Crippen LogP contribution in [-0.4, -0.2) is 10.9 Å². The van der Waals surface area contributed by atoms with Gasteiger partial charge in [0.2, 0.25) is 11.5 Å². The number of benzene rings is 1. The molecule has 5 heteroatoms. The summed E-state index contributed by atoms with van der Waals surface area (Å²) < 4.78 is 12.3. The first-order valence-corrected chi connectivity index (χ1v) is 5.58. The Kier molecular flexibility index (Phi) is 2.19. The van der Waals surface area contributed by atoms with Crippen molar-refractivity contribution in [1.82, 2.24) is 0 Å². The molecular formula is C9H8Br2O3. The molecule has 76 valence electrons. The van der Waals surface area contributed by atoms with Gasteiger partial charge >= 0.3 is 0 Å². The highest BCUT2D eigenvalue weighted by molar-refractivity contribution is 9.11. The average molecular weight is 324 g/mol. The van der Waals surface area contributed by atoms with E-state index in [0.717, 1.165) is 4.47 Å². The van der Waals surface area contributed by atoms with Crippen molar-refractivity contribution in [1.29, 1.82) is 0 Å².